The number of carboxylic acid groups (broad SMARTS) is 2. The van der Waals surface area contributed by atoms with Crippen molar-refractivity contribution in [2.45, 2.75) is 108 Å². The van der Waals surface area contributed by atoms with Crippen molar-refractivity contribution < 1.29 is 32.8 Å². The largest absolute Gasteiger partial charge is 0.481 e. The first-order valence-corrected chi connectivity index (χ1v) is 12.0. The van der Waals surface area contributed by atoms with E-state index >= 15 is 0 Å². The highest BCUT2D eigenvalue weighted by molar-refractivity contribution is 7.88. The summed E-state index contributed by atoms with van der Waals surface area (Å²) in [7, 11) is -5.10. The zero-order valence-electron chi connectivity index (χ0n) is 18.1. The van der Waals surface area contributed by atoms with E-state index in [2.05, 4.69) is 13.8 Å². The molecule has 0 saturated carbocycles. The van der Waals surface area contributed by atoms with Crippen molar-refractivity contribution >= 4 is 32.0 Å². The van der Waals surface area contributed by atoms with Gasteiger partial charge in [0.25, 0.3) is 10.1 Å². The van der Waals surface area contributed by atoms with E-state index in [1.807, 2.05) is 0 Å². The molecule has 0 saturated heterocycles. The van der Waals surface area contributed by atoms with Crippen LogP contribution in [0.3, 0.4) is 0 Å². The summed E-state index contributed by atoms with van der Waals surface area (Å²) in [6.45, 7) is 4.14. The summed E-state index contributed by atoms with van der Waals surface area (Å²) < 4.78 is 31.3. The summed E-state index contributed by atoms with van der Waals surface area (Å²) in [4.78, 5) is 23.8. The molecule has 9 heteroatoms. The van der Waals surface area contributed by atoms with E-state index in [0.29, 0.717) is 19.3 Å². The Morgan fingerprint density at radius 3 is 1.59 bits per heavy atom. The normalized spacial score (nSPS) is 14.6. The van der Waals surface area contributed by atoms with Gasteiger partial charge < -0.3 is 10.2 Å². The molecule has 3 N–H and O–H groups in total. The molecule has 0 bridgehead atoms. The van der Waals surface area contributed by atoms with E-state index in [1.54, 1.807) is 0 Å². The molecule has 174 valence electrons. The number of hydrogen-bond donors (Lipinski definition) is 3. The fourth-order valence-corrected chi connectivity index (χ4v) is 4.90. The molecule has 0 aliphatic rings. The molecule has 0 amide bonds. The van der Waals surface area contributed by atoms with Crippen LogP contribution in [0.5, 0.6) is 0 Å². The van der Waals surface area contributed by atoms with Gasteiger partial charge in [0.05, 0.1) is 5.92 Å². The Kier molecular flexibility index (Phi) is 16.8. The van der Waals surface area contributed by atoms with Gasteiger partial charge in [0.2, 0.25) is 4.75 Å². The van der Waals surface area contributed by atoms with E-state index in [-0.39, 0.29) is 29.2 Å². The van der Waals surface area contributed by atoms with Crippen molar-refractivity contribution in [3.8, 4) is 0 Å². The van der Waals surface area contributed by atoms with Crippen LogP contribution in [-0.2, 0) is 19.7 Å². The summed E-state index contributed by atoms with van der Waals surface area (Å²) in [5.41, 5.74) is 0. The van der Waals surface area contributed by atoms with Crippen LogP contribution in [0.2, 0.25) is 0 Å². The molecule has 3 atom stereocenters. The minimum atomic E-state index is -5.10. The van der Waals surface area contributed by atoms with Gasteiger partial charge >= 0.3 is 11.9 Å². The number of hydrogen-bond acceptors (Lipinski definition) is 4. The van der Waals surface area contributed by atoms with E-state index < -0.39 is 32.7 Å². The smallest absolute Gasteiger partial charge is 0.328 e. The lowest BCUT2D eigenvalue weighted by Gasteiger charge is -2.32. The molecule has 0 aromatic carbocycles. The first kappa shape index (κ1) is 30.5. The second-order valence-corrected chi connectivity index (χ2v) is 9.31. The third-order valence-corrected chi connectivity index (χ3v) is 7.02. The van der Waals surface area contributed by atoms with E-state index in [1.165, 1.54) is 0 Å². The van der Waals surface area contributed by atoms with Gasteiger partial charge in [-0.15, -0.1) is 0 Å². The highest BCUT2D eigenvalue weighted by Gasteiger charge is 2.58. The maximum Gasteiger partial charge on any atom is 0.328 e. The van der Waals surface area contributed by atoms with Crippen molar-refractivity contribution in [1.29, 1.82) is 0 Å². The lowest BCUT2D eigenvalue weighted by atomic mass is 9.82. The first-order chi connectivity index (χ1) is 13.1. The predicted molar refractivity (Wildman–Crippen MR) is 120 cm³/mol. The van der Waals surface area contributed by atoms with Crippen LogP contribution in [0.1, 0.15) is 104 Å². The Hall–Kier alpha value is -0.720. The fraction of sp³-hybridized carbons (Fsp3) is 0.900. The summed E-state index contributed by atoms with van der Waals surface area (Å²) in [6, 6.07) is 0. The number of carboxylic acids is 2. The number of aliphatic carboxylic acids is 2. The van der Waals surface area contributed by atoms with Gasteiger partial charge in [-0.1, -0.05) is 90.9 Å². The molecule has 0 aromatic rings. The quantitative estimate of drug-likeness (QED) is 0.151. The molecule has 0 aliphatic heterocycles. The summed E-state index contributed by atoms with van der Waals surface area (Å²) in [6.07, 6.45) is 9.43. The average Bonchev–Trinajstić information content (AvgIpc) is 2.60. The minimum Gasteiger partial charge on any atom is -0.481 e. The van der Waals surface area contributed by atoms with Crippen molar-refractivity contribution in [3.63, 3.8) is 0 Å². The van der Waals surface area contributed by atoms with Gasteiger partial charge in [-0.2, -0.15) is 18.3 Å². The highest BCUT2D eigenvalue weighted by Crippen LogP contribution is 2.36. The van der Waals surface area contributed by atoms with Crippen molar-refractivity contribution in [2.24, 2.45) is 5.92 Å². The molecule has 0 heterocycles. The number of carbonyl (C=O) groups is 2. The second kappa shape index (κ2) is 16.0. The molecule has 7 nitrogen and oxygen atoms in total. The van der Waals surface area contributed by atoms with Crippen LogP contribution in [0.25, 0.3) is 0 Å². The van der Waals surface area contributed by atoms with E-state index in [4.69, 9.17) is 0 Å². The average molecular weight is 457 g/mol. The maximum atomic E-state index is 12.1. The first-order valence-electron chi connectivity index (χ1n) is 10.6. The SMILES string of the molecule is CCCCCCCCC(C(=O)O)C(CCCCCCCC)(C(=O)O)S(=O)(=O)O.P. The molecule has 0 rings (SSSR count). The molecule has 0 aromatic heterocycles. The predicted octanol–water partition coefficient (Wildman–Crippen LogP) is 4.96. The summed E-state index contributed by atoms with van der Waals surface area (Å²) >= 11 is 0. The van der Waals surface area contributed by atoms with Gasteiger partial charge in [-0.25, -0.2) is 0 Å². The van der Waals surface area contributed by atoms with Gasteiger partial charge in [-0.3, -0.25) is 14.1 Å². The van der Waals surface area contributed by atoms with Crippen LogP contribution in [0.4, 0.5) is 0 Å². The lowest BCUT2D eigenvalue weighted by molar-refractivity contribution is -0.152. The zero-order valence-corrected chi connectivity index (χ0v) is 20.3. The molecular weight excluding hydrogens is 415 g/mol. The van der Waals surface area contributed by atoms with Crippen LogP contribution < -0.4 is 0 Å². The van der Waals surface area contributed by atoms with Crippen molar-refractivity contribution in [3.05, 3.63) is 0 Å². The molecule has 0 aliphatic carbocycles. The van der Waals surface area contributed by atoms with Crippen molar-refractivity contribution in [1.82, 2.24) is 0 Å². The van der Waals surface area contributed by atoms with E-state index in [0.717, 1.165) is 51.4 Å². The second-order valence-electron chi connectivity index (χ2n) is 7.63. The molecule has 3 unspecified atom stereocenters. The van der Waals surface area contributed by atoms with Crippen molar-refractivity contribution in [2.75, 3.05) is 0 Å². The number of unbranched alkanes of at least 4 members (excludes halogenated alkanes) is 10. The topological polar surface area (TPSA) is 129 Å². The fourth-order valence-electron chi connectivity index (χ4n) is 3.70. The van der Waals surface area contributed by atoms with E-state index in [9.17, 15) is 32.8 Å². The van der Waals surface area contributed by atoms with Gasteiger partial charge in [0.15, 0.2) is 0 Å². The molecule has 0 radical (unpaired) electrons. The highest BCUT2D eigenvalue weighted by atomic mass is 32.2. The van der Waals surface area contributed by atoms with Crippen LogP contribution >= 0.6 is 9.90 Å². The third kappa shape index (κ3) is 10.2. The van der Waals surface area contributed by atoms with Crippen LogP contribution in [-0.4, -0.2) is 39.9 Å². The van der Waals surface area contributed by atoms with Gasteiger partial charge in [0, 0.05) is 0 Å². The van der Waals surface area contributed by atoms with Gasteiger partial charge in [0.1, 0.15) is 0 Å². The monoisotopic (exact) mass is 456 g/mol. The molecule has 29 heavy (non-hydrogen) atoms. The molecular formula is C20H41O7PS. The Bertz CT molecular complexity index is 565. The Morgan fingerprint density at radius 2 is 1.21 bits per heavy atom. The maximum absolute atomic E-state index is 12.1. The van der Waals surface area contributed by atoms with Gasteiger partial charge in [-0.05, 0) is 12.8 Å². The molecule has 0 spiro atoms. The minimum absolute atomic E-state index is 0. The Balaban J connectivity index is 0. The lowest BCUT2D eigenvalue weighted by Crippen LogP contribution is -2.55. The van der Waals surface area contributed by atoms with Crippen LogP contribution in [0, 0.1) is 5.92 Å². The number of rotatable bonds is 18. The summed E-state index contributed by atoms with van der Waals surface area (Å²) in [5, 5.41) is 19.3. The third-order valence-electron chi connectivity index (χ3n) is 5.43. The molecule has 0 fully saturated rings. The summed E-state index contributed by atoms with van der Waals surface area (Å²) in [5.74, 6) is -4.93. The zero-order chi connectivity index (χ0) is 21.6. The standard InChI is InChI=1S/C20H38O7S.H3P/c1-3-5-7-9-11-13-15-17(18(21)22)20(19(23)24,28(25,26)27)16-14-12-10-8-6-4-2;/h17H,3-16H2,1-2H3,(H,21,22)(H,23,24)(H,25,26,27);1H3. The Labute approximate surface area is 179 Å². The van der Waals surface area contributed by atoms with Crippen LogP contribution in [0.15, 0.2) is 0 Å². The Morgan fingerprint density at radius 1 is 0.793 bits per heavy atom.